The number of hydrogen-bond donors (Lipinski definition) is 2. The number of rotatable bonds is 10. The van der Waals surface area contributed by atoms with Gasteiger partial charge in [0.25, 0.3) is 0 Å². The summed E-state index contributed by atoms with van der Waals surface area (Å²) in [6.07, 6.45) is 4.43. The summed E-state index contributed by atoms with van der Waals surface area (Å²) in [5.41, 5.74) is 2.17. The first-order valence-corrected chi connectivity index (χ1v) is 9.84. The Bertz CT molecular complexity index is 525. The van der Waals surface area contributed by atoms with Crippen molar-refractivity contribution in [2.75, 3.05) is 19.6 Å². The Hall–Kier alpha value is -1.56. The smallest absolute Gasteiger partial charge is 0.191 e. The molecule has 0 radical (unpaired) electrons. The summed E-state index contributed by atoms with van der Waals surface area (Å²) in [5.74, 6) is 1.82. The van der Waals surface area contributed by atoms with Gasteiger partial charge in [-0.05, 0) is 40.0 Å². The minimum absolute atomic E-state index is 0.602. The molecule has 2 rings (SSSR count). The van der Waals surface area contributed by atoms with Gasteiger partial charge in [0, 0.05) is 43.7 Å². The third-order valence-corrected chi connectivity index (χ3v) is 4.69. The third kappa shape index (κ3) is 5.73. The Morgan fingerprint density at radius 1 is 1.24 bits per heavy atom. The zero-order valence-corrected chi connectivity index (χ0v) is 16.6. The molecule has 1 aliphatic carbocycles. The molecule has 1 fully saturated rings. The van der Waals surface area contributed by atoms with E-state index in [1.54, 1.807) is 0 Å². The number of nitrogens with zero attached hydrogens (tertiary/aromatic N) is 3. The van der Waals surface area contributed by atoms with Gasteiger partial charge < -0.3 is 15.2 Å². The predicted molar refractivity (Wildman–Crippen MR) is 103 cm³/mol. The van der Waals surface area contributed by atoms with E-state index in [2.05, 4.69) is 55.3 Å². The quantitative estimate of drug-likeness (QED) is 0.502. The van der Waals surface area contributed by atoms with E-state index < -0.39 is 0 Å². The number of hydrogen-bond acceptors (Lipinski definition) is 4. The number of aliphatic imine (C=N–C) groups is 1. The zero-order valence-electron chi connectivity index (χ0n) is 16.6. The van der Waals surface area contributed by atoms with Gasteiger partial charge in [0.2, 0.25) is 0 Å². The molecule has 1 heterocycles. The van der Waals surface area contributed by atoms with Crippen molar-refractivity contribution in [3.8, 4) is 0 Å². The van der Waals surface area contributed by atoms with Crippen LogP contribution in [0.1, 0.15) is 64.5 Å². The fraction of sp³-hybridized carbons (Fsp3) is 0.789. The molecule has 6 heteroatoms. The maximum Gasteiger partial charge on any atom is 0.191 e. The largest absolute Gasteiger partial charge is 0.361 e. The van der Waals surface area contributed by atoms with Gasteiger partial charge in [-0.1, -0.05) is 19.0 Å². The minimum atomic E-state index is 0.602. The first-order chi connectivity index (χ1) is 12.1. The van der Waals surface area contributed by atoms with Crippen LogP contribution in [-0.4, -0.2) is 47.7 Å². The van der Waals surface area contributed by atoms with Gasteiger partial charge in [0.05, 0.1) is 12.2 Å². The lowest BCUT2D eigenvalue weighted by Crippen LogP contribution is -2.43. The summed E-state index contributed by atoms with van der Waals surface area (Å²) < 4.78 is 5.43. The van der Waals surface area contributed by atoms with Crippen LogP contribution in [0, 0.1) is 0 Å². The molecule has 25 heavy (non-hydrogen) atoms. The van der Waals surface area contributed by atoms with Gasteiger partial charge in [0.15, 0.2) is 5.96 Å². The van der Waals surface area contributed by atoms with Crippen molar-refractivity contribution < 1.29 is 4.52 Å². The summed E-state index contributed by atoms with van der Waals surface area (Å²) in [6, 6.07) is 1.39. The van der Waals surface area contributed by atoms with Gasteiger partial charge in [-0.2, -0.15) is 0 Å². The van der Waals surface area contributed by atoms with E-state index in [-0.39, 0.29) is 0 Å². The van der Waals surface area contributed by atoms with E-state index in [1.807, 2.05) is 0 Å². The first kappa shape index (κ1) is 19.8. The van der Waals surface area contributed by atoms with E-state index >= 15 is 0 Å². The minimum Gasteiger partial charge on any atom is -0.361 e. The molecule has 1 aliphatic rings. The fourth-order valence-corrected chi connectivity index (χ4v) is 3.19. The number of guanidine groups is 1. The Balaban J connectivity index is 1.93. The monoisotopic (exact) mass is 349 g/mol. The second-order valence-electron chi connectivity index (χ2n) is 6.92. The van der Waals surface area contributed by atoms with Gasteiger partial charge >= 0.3 is 0 Å². The summed E-state index contributed by atoms with van der Waals surface area (Å²) in [6.45, 7) is 14.3. The standard InChI is InChI=1S/C19H35N5O/c1-6-17-16(18(7-2)25-23-17)13-22-19(20-8-3)21-11-12-24(14(4)5)15-9-10-15/h14-15H,6-13H2,1-5H3,(H2,20,21,22). The second kappa shape index (κ2) is 9.80. The van der Waals surface area contributed by atoms with Crippen LogP contribution < -0.4 is 10.6 Å². The Morgan fingerprint density at radius 3 is 2.56 bits per heavy atom. The van der Waals surface area contributed by atoms with Crippen molar-refractivity contribution >= 4 is 5.96 Å². The summed E-state index contributed by atoms with van der Waals surface area (Å²) in [7, 11) is 0. The maximum atomic E-state index is 5.43. The highest BCUT2D eigenvalue weighted by Crippen LogP contribution is 2.27. The Labute approximate surface area is 152 Å². The normalized spacial score (nSPS) is 15.2. The third-order valence-electron chi connectivity index (χ3n) is 4.69. The van der Waals surface area contributed by atoms with Gasteiger partial charge in [-0.3, -0.25) is 4.90 Å². The van der Waals surface area contributed by atoms with Crippen LogP contribution in [0.2, 0.25) is 0 Å². The van der Waals surface area contributed by atoms with E-state index in [4.69, 9.17) is 9.52 Å². The average molecular weight is 350 g/mol. The molecule has 1 aromatic heterocycles. The number of aryl methyl sites for hydroxylation is 2. The highest BCUT2D eigenvalue weighted by Gasteiger charge is 2.30. The molecule has 6 nitrogen and oxygen atoms in total. The summed E-state index contributed by atoms with van der Waals surface area (Å²) in [4.78, 5) is 7.34. The van der Waals surface area contributed by atoms with Crippen LogP contribution in [0.25, 0.3) is 0 Å². The topological polar surface area (TPSA) is 65.7 Å². The Morgan fingerprint density at radius 2 is 2.00 bits per heavy atom. The molecule has 1 aromatic rings. The molecule has 0 saturated heterocycles. The molecule has 0 aliphatic heterocycles. The fourth-order valence-electron chi connectivity index (χ4n) is 3.19. The lowest BCUT2D eigenvalue weighted by molar-refractivity contribution is 0.215. The highest BCUT2D eigenvalue weighted by atomic mass is 16.5. The molecule has 2 N–H and O–H groups in total. The van der Waals surface area contributed by atoms with Crippen LogP contribution in [0.5, 0.6) is 0 Å². The van der Waals surface area contributed by atoms with E-state index in [9.17, 15) is 0 Å². The molecule has 0 atom stereocenters. The van der Waals surface area contributed by atoms with Crippen LogP contribution in [-0.2, 0) is 19.4 Å². The molecule has 0 bridgehead atoms. The van der Waals surface area contributed by atoms with E-state index in [0.29, 0.717) is 12.6 Å². The van der Waals surface area contributed by atoms with Crippen molar-refractivity contribution in [1.82, 2.24) is 20.7 Å². The maximum absolute atomic E-state index is 5.43. The molecule has 0 spiro atoms. The molecular weight excluding hydrogens is 314 g/mol. The predicted octanol–water partition coefficient (Wildman–Crippen LogP) is 2.73. The van der Waals surface area contributed by atoms with E-state index in [1.165, 1.54) is 12.8 Å². The van der Waals surface area contributed by atoms with Crippen molar-refractivity contribution in [2.45, 2.75) is 78.9 Å². The van der Waals surface area contributed by atoms with E-state index in [0.717, 1.165) is 61.5 Å². The first-order valence-electron chi connectivity index (χ1n) is 9.84. The number of aromatic nitrogens is 1. The zero-order chi connectivity index (χ0) is 18.2. The molecule has 0 amide bonds. The van der Waals surface area contributed by atoms with Crippen molar-refractivity contribution in [3.05, 3.63) is 17.0 Å². The van der Waals surface area contributed by atoms with Gasteiger partial charge in [0.1, 0.15) is 5.76 Å². The summed E-state index contributed by atoms with van der Waals surface area (Å²) in [5, 5.41) is 11.0. The molecular formula is C19H35N5O. The van der Waals surface area contributed by atoms with Crippen LogP contribution in [0.3, 0.4) is 0 Å². The lowest BCUT2D eigenvalue weighted by Gasteiger charge is -2.26. The lowest BCUT2D eigenvalue weighted by atomic mass is 10.1. The van der Waals surface area contributed by atoms with Crippen molar-refractivity contribution in [2.24, 2.45) is 4.99 Å². The SMILES string of the molecule is CCNC(=NCc1c(CC)noc1CC)NCCN(C(C)C)C1CC1. The highest BCUT2D eigenvalue weighted by molar-refractivity contribution is 5.79. The van der Waals surface area contributed by atoms with Crippen LogP contribution in [0.15, 0.2) is 9.52 Å². The van der Waals surface area contributed by atoms with Crippen LogP contribution >= 0.6 is 0 Å². The molecule has 0 unspecified atom stereocenters. The average Bonchev–Trinajstić information content (AvgIpc) is 3.35. The van der Waals surface area contributed by atoms with Gasteiger partial charge in [-0.25, -0.2) is 4.99 Å². The molecule has 0 aromatic carbocycles. The number of nitrogens with one attached hydrogen (secondary N) is 2. The molecule has 1 saturated carbocycles. The van der Waals surface area contributed by atoms with Gasteiger partial charge in [-0.15, -0.1) is 0 Å². The van der Waals surface area contributed by atoms with Crippen molar-refractivity contribution in [3.63, 3.8) is 0 Å². The summed E-state index contributed by atoms with van der Waals surface area (Å²) >= 11 is 0. The second-order valence-corrected chi connectivity index (χ2v) is 6.92. The van der Waals surface area contributed by atoms with Crippen molar-refractivity contribution in [1.29, 1.82) is 0 Å². The molecule has 142 valence electrons. The van der Waals surface area contributed by atoms with Crippen LogP contribution in [0.4, 0.5) is 0 Å². The Kier molecular flexibility index (Phi) is 7.75.